The lowest BCUT2D eigenvalue weighted by Gasteiger charge is -2.10. The maximum atomic E-state index is 12.3. The molecule has 1 amide bonds. The minimum Gasteiger partial charge on any atom is -0.325 e. The van der Waals surface area contributed by atoms with Crippen LogP contribution in [0, 0.1) is 30.9 Å². The van der Waals surface area contributed by atoms with Gasteiger partial charge in [0.2, 0.25) is 11.1 Å². The molecule has 2 aromatic carbocycles. The molecule has 0 saturated heterocycles. The van der Waals surface area contributed by atoms with Crippen LogP contribution in [0.1, 0.15) is 16.7 Å². The smallest absolute Gasteiger partial charge is 0.274 e. The minimum atomic E-state index is -0.474. The highest BCUT2D eigenvalue weighted by molar-refractivity contribution is 7.99. The first-order chi connectivity index (χ1) is 13.4. The van der Waals surface area contributed by atoms with Crippen LogP contribution in [0.25, 0.3) is 5.69 Å². The van der Waals surface area contributed by atoms with Crippen LogP contribution in [-0.4, -0.2) is 36.8 Å². The Kier molecular flexibility index (Phi) is 5.69. The molecule has 0 atom stereocenters. The Bertz CT molecular complexity index is 1050. The second kappa shape index (κ2) is 8.17. The van der Waals surface area contributed by atoms with Crippen molar-refractivity contribution in [1.29, 1.82) is 0 Å². The third-order valence-electron chi connectivity index (χ3n) is 4.35. The van der Waals surface area contributed by atoms with Crippen molar-refractivity contribution in [3.05, 3.63) is 63.2 Å². The third kappa shape index (κ3) is 4.01. The van der Waals surface area contributed by atoms with Crippen LogP contribution in [-0.2, 0) is 4.79 Å². The first-order valence-electron chi connectivity index (χ1n) is 8.40. The maximum absolute atomic E-state index is 12.3. The van der Waals surface area contributed by atoms with Gasteiger partial charge in [0.05, 0.1) is 27.6 Å². The minimum absolute atomic E-state index is 0.0377. The van der Waals surface area contributed by atoms with E-state index in [2.05, 4.69) is 20.8 Å². The highest BCUT2D eigenvalue weighted by Crippen LogP contribution is 2.26. The molecule has 0 fully saturated rings. The molecule has 0 radical (unpaired) electrons. The fourth-order valence-corrected chi connectivity index (χ4v) is 3.34. The number of aromatic nitrogens is 4. The predicted octanol–water partition coefficient (Wildman–Crippen LogP) is 3.23. The zero-order chi connectivity index (χ0) is 20.3. The Morgan fingerprint density at radius 3 is 2.68 bits per heavy atom. The predicted molar refractivity (Wildman–Crippen MR) is 106 cm³/mol. The van der Waals surface area contributed by atoms with Gasteiger partial charge in [-0.15, -0.1) is 5.10 Å². The highest BCUT2D eigenvalue weighted by atomic mass is 32.2. The summed E-state index contributed by atoms with van der Waals surface area (Å²) in [5, 5.41) is 25.9. The van der Waals surface area contributed by atoms with E-state index in [0.717, 1.165) is 16.8 Å². The number of anilines is 1. The molecule has 3 aromatic rings. The molecule has 0 aliphatic heterocycles. The SMILES string of the molecule is Cc1cccc(-n2nnnc2SCC(=O)Nc2cccc([N+](=O)[O-])c2C)c1C. The number of benzene rings is 2. The van der Waals surface area contributed by atoms with E-state index in [1.165, 1.54) is 23.9 Å². The number of rotatable bonds is 6. The fourth-order valence-electron chi connectivity index (χ4n) is 2.66. The lowest BCUT2D eigenvalue weighted by Crippen LogP contribution is -2.16. The number of hydrogen-bond donors (Lipinski definition) is 1. The molecule has 144 valence electrons. The van der Waals surface area contributed by atoms with Crippen molar-refractivity contribution < 1.29 is 9.72 Å². The van der Waals surface area contributed by atoms with Crippen LogP contribution in [0.4, 0.5) is 11.4 Å². The molecule has 3 rings (SSSR count). The summed E-state index contributed by atoms with van der Waals surface area (Å²) in [5.41, 5.74) is 3.79. The van der Waals surface area contributed by atoms with Gasteiger partial charge < -0.3 is 5.32 Å². The summed E-state index contributed by atoms with van der Waals surface area (Å²) in [6.07, 6.45) is 0. The molecule has 1 N–H and O–H groups in total. The maximum Gasteiger partial charge on any atom is 0.274 e. The van der Waals surface area contributed by atoms with Crippen molar-refractivity contribution in [1.82, 2.24) is 20.2 Å². The Balaban J connectivity index is 1.72. The number of nitrogens with zero attached hydrogens (tertiary/aromatic N) is 5. The largest absolute Gasteiger partial charge is 0.325 e. The number of hydrogen-bond acceptors (Lipinski definition) is 7. The monoisotopic (exact) mass is 398 g/mol. The van der Waals surface area contributed by atoms with Crippen molar-refractivity contribution in [2.45, 2.75) is 25.9 Å². The number of thioether (sulfide) groups is 1. The summed E-state index contributed by atoms with van der Waals surface area (Å²) in [4.78, 5) is 22.9. The van der Waals surface area contributed by atoms with Crippen molar-refractivity contribution in [3.8, 4) is 5.69 Å². The second-order valence-electron chi connectivity index (χ2n) is 6.14. The van der Waals surface area contributed by atoms with Gasteiger partial charge in [0, 0.05) is 6.07 Å². The van der Waals surface area contributed by atoms with Gasteiger partial charge in [-0.25, -0.2) is 0 Å². The molecule has 0 bridgehead atoms. The average molecular weight is 398 g/mol. The average Bonchev–Trinajstić information content (AvgIpc) is 3.12. The van der Waals surface area contributed by atoms with Gasteiger partial charge >= 0.3 is 0 Å². The Morgan fingerprint density at radius 2 is 1.93 bits per heavy atom. The molecule has 0 unspecified atom stereocenters. The van der Waals surface area contributed by atoms with E-state index < -0.39 is 4.92 Å². The Labute approximate surface area is 165 Å². The van der Waals surface area contributed by atoms with Gasteiger partial charge in [-0.3, -0.25) is 14.9 Å². The number of amides is 1. The van der Waals surface area contributed by atoms with Gasteiger partial charge in [-0.1, -0.05) is 30.0 Å². The van der Waals surface area contributed by atoms with E-state index in [0.29, 0.717) is 16.4 Å². The third-order valence-corrected chi connectivity index (χ3v) is 5.27. The first kappa shape index (κ1) is 19.5. The summed E-state index contributed by atoms with van der Waals surface area (Å²) < 4.78 is 1.60. The first-order valence-corrected chi connectivity index (χ1v) is 9.38. The summed E-state index contributed by atoms with van der Waals surface area (Å²) >= 11 is 1.19. The van der Waals surface area contributed by atoms with Crippen LogP contribution < -0.4 is 5.32 Å². The Hall–Kier alpha value is -3.27. The van der Waals surface area contributed by atoms with E-state index in [1.54, 1.807) is 17.7 Å². The molecule has 0 aliphatic rings. The van der Waals surface area contributed by atoms with Crippen LogP contribution in [0.15, 0.2) is 41.6 Å². The number of tetrazole rings is 1. The van der Waals surface area contributed by atoms with Crippen LogP contribution in [0.5, 0.6) is 0 Å². The van der Waals surface area contributed by atoms with E-state index in [9.17, 15) is 14.9 Å². The van der Waals surface area contributed by atoms with Crippen LogP contribution >= 0.6 is 11.8 Å². The molecule has 1 aromatic heterocycles. The number of nitro benzene ring substituents is 1. The topological polar surface area (TPSA) is 116 Å². The van der Waals surface area contributed by atoms with E-state index >= 15 is 0 Å². The highest BCUT2D eigenvalue weighted by Gasteiger charge is 2.17. The molecule has 9 nitrogen and oxygen atoms in total. The zero-order valence-corrected chi connectivity index (χ0v) is 16.4. The summed E-state index contributed by atoms with van der Waals surface area (Å²) in [5.74, 6) is -0.239. The lowest BCUT2D eigenvalue weighted by molar-refractivity contribution is -0.385. The van der Waals surface area contributed by atoms with Gasteiger partial charge in [0.1, 0.15) is 0 Å². The van der Waals surface area contributed by atoms with Gasteiger partial charge in [-0.2, -0.15) is 4.68 Å². The summed E-state index contributed by atoms with van der Waals surface area (Å²) in [7, 11) is 0. The van der Waals surface area contributed by atoms with Gasteiger partial charge in [-0.05, 0) is 54.5 Å². The van der Waals surface area contributed by atoms with E-state index in [1.807, 2.05) is 32.0 Å². The number of carbonyl (C=O) groups is 1. The van der Waals surface area contributed by atoms with Crippen molar-refractivity contribution in [3.63, 3.8) is 0 Å². The van der Waals surface area contributed by atoms with Crippen molar-refractivity contribution >= 4 is 29.0 Å². The van der Waals surface area contributed by atoms with Crippen molar-refractivity contribution in [2.75, 3.05) is 11.1 Å². The lowest BCUT2D eigenvalue weighted by atomic mass is 10.1. The van der Waals surface area contributed by atoms with E-state index in [4.69, 9.17) is 0 Å². The molecule has 0 spiro atoms. The molecule has 10 heteroatoms. The summed E-state index contributed by atoms with van der Waals surface area (Å²) in [6, 6.07) is 10.4. The van der Waals surface area contributed by atoms with E-state index in [-0.39, 0.29) is 17.3 Å². The van der Waals surface area contributed by atoms with Crippen LogP contribution in [0.3, 0.4) is 0 Å². The van der Waals surface area contributed by atoms with Crippen LogP contribution in [0.2, 0.25) is 0 Å². The normalized spacial score (nSPS) is 10.7. The number of nitro groups is 1. The second-order valence-corrected chi connectivity index (χ2v) is 7.08. The molecular formula is C18H18N6O3S. The van der Waals surface area contributed by atoms with Gasteiger partial charge in [0.25, 0.3) is 5.69 Å². The quantitative estimate of drug-likeness (QED) is 0.385. The van der Waals surface area contributed by atoms with Gasteiger partial charge in [0.15, 0.2) is 0 Å². The molecule has 28 heavy (non-hydrogen) atoms. The number of aryl methyl sites for hydroxylation is 1. The summed E-state index contributed by atoms with van der Waals surface area (Å²) in [6.45, 7) is 5.59. The Morgan fingerprint density at radius 1 is 1.18 bits per heavy atom. The molecule has 1 heterocycles. The standard InChI is InChI=1S/C18H18N6O3S/c1-11-6-4-8-15(12(11)2)23-18(20-21-22-23)28-10-17(25)19-14-7-5-9-16(13(14)3)24(26)27/h4-9H,10H2,1-3H3,(H,19,25). The zero-order valence-electron chi connectivity index (χ0n) is 15.5. The van der Waals surface area contributed by atoms with Crippen molar-refractivity contribution in [2.24, 2.45) is 0 Å². The molecular weight excluding hydrogens is 380 g/mol. The molecule has 0 saturated carbocycles. The number of carbonyl (C=O) groups excluding carboxylic acids is 1. The molecule has 0 aliphatic carbocycles. The number of nitrogens with one attached hydrogen (secondary N) is 1. The fraction of sp³-hybridized carbons (Fsp3) is 0.222.